The molecule has 0 rings (SSSR count). The second-order valence-electron chi connectivity index (χ2n) is 1.91. The summed E-state index contributed by atoms with van der Waals surface area (Å²) in [5, 5.41) is 0. The Morgan fingerprint density at radius 2 is 1.80 bits per heavy atom. The summed E-state index contributed by atoms with van der Waals surface area (Å²) in [5.41, 5.74) is 0. The van der Waals surface area contributed by atoms with Crippen molar-refractivity contribution in [1.29, 1.82) is 0 Å². The van der Waals surface area contributed by atoms with E-state index in [-0.39, 0.29) is 0 Å². The van der Waals surface area contributed by atoms with Gasteiger partial charge in [-0.1, -0.05) is 40.9 Å². The van der Waals surface area contributed by atoms with Crippen LogP contribution in [0.5, 0.6) is 0 Å². The van der Waals surface area contributed by atoms with Crippen LogP contribution in [0.3, 0.4) is 0 Å². The maximum absolute atomic E-state index is 4.87. The molecule has 1 heteroatoms. The number of ether oxygens (including phenoxy) is 1. The topological polar surface area (TPSA) is 9.23 Å². The number of hydrogen-bond donors (Lipinski definition) is 0. The molecular formula is C9H18O. The third-order valence-electron chi connectivity index (χ3n) is 0.879. The van der Waals surface area contributed by atoms with E-state index in [1.165, 1.54) is 6.26 Å². The van der Waals surface area contributed by atoms with Gasteiger partial charge in [0.05, 0.1) is 12.0 Å². The summed E-state index contributed by atoms with van der Waals surface area (Å²) < 4.78 is 4.87. The fourth-order valence-electron chi connectivity index (χ4n) is 0.243. The van der Waals surface area contributed by atoms with E-state index in [2.05, 4.69) is 13.2 Å². The highest BCUT2D eigenvalue weighted by Gasteiger charge is 1.96. The molecule has 0 heterocycles. The summed E-state index contributed by atoms with van der Waals surface area (Å²) in [6.07, 6.45) is 1.39. The van der Waals surface area contributed by atoms with Crippen LogP contribution in [0.25, 0.3) is 0 Å². The van der Waals surface area contributed by atoms with Crippen molar-refractivity contribution >= 4 is 0 Å². The summed E-state index contributed by atoms with van der Waals surface area (Å²) in [6.45, 7) is 15.1. The van der Waals surface area contributed by atoms with Gasteiger partial charge in [-0.15, -0.1) is 0 Å². The average Bonchev–Trinajstić information content (AvgIpc) is 1.93. The quantitative estimate of drug-likeness (QED) is 0.549. The van der Waals surface area contributed by atoms with Gasteiger partial charge in [0, 0.05) is 5.92 Å². The van der Waals surface area contributed by atoms with Crippen LogP contribution in [-0.4, -0.2) is 0 Å². The fraction of sp³-hybridized carbons (Fsp3) is 0.556. The highest BCUT2D eigenvalue weighted by molar-refractivity contribution is 4.87. The standard InChI is InChI=1S/C7H12O.C2H6/c1-5-8-7(4)6(2)3;1-2/h5-6H,1,4H2,2-3H3;1-2H3. The van der Waals surface area contributed by atoms with Crippen molar-refractivity contribution in [2.75, 3.05) is 0 Å². The maximum Gasteiger partial charge on any atom is 0.0985 e. The van der Waals surface area contributed by atoms with Crippen LogP contribution in [0.1, 0.15) is 27.7 Å². The van der Waals surface area contributed by atoms with E-state index in [1.807, 2.05) is 27.7 Å². The molecule has 0 radical (unpaired) electrons. The average molecular weight is 142 g/mol. The van der Waals surface area contributed by atoms with E-state index in [1.54, 1.807) is 0 Å². The van der Waals surface area contributed by atoms with Gasteiger partial charge in [-0.25, -0.2) is 0 Å². The van der Waals surface area contributed by atoms with Crippen LogP contribution < -0.4 is 0 Å². The molecule has 0 atom stereocenters. The third-order valence-corrected chi connectivity index (χ3v) is 0.879. The molecule has 10 heavy (non-hydrogen) atoms. The Balaban J connectivity index is 0. The smallest absolute Gasteiger partial charge is 0.0985 e. The normalized spacial score (nSPS) is 7.70. The maximum atomic E-state index is 4.87. The Hall–Kier alpha value is -0.720. The van der Waals surface area contributed by atoms with Crippen LogP contribution >= 0.6 is 0 Å². The zero-order valence-electron chi connectivity index (χ0n) is 7.48. The number of hydrogen-bond acceptors (Lipinski definition) is 1. The summed E-state index contributed by atoms with van der Waals surface area (Å²) in [5.74, 6) is 1.15. The minimum atomic E-state index is 0.382. The lowest BCUT2D eigenvalue weighted by Crippen LogP contribution is -1.91. The molecule has 60 valence electrons. The lowest BCUT2D eigenvalue weighted by Gasteiger charge is -2.05. The summed E-state index contributed by atoms with van der Waals surface area (Å²) >= 11 is 0. The predicted molar refractivity (Wildman–Crippen MR) is 46.6 cm³/mol. The van der Waals surface area contributed by atoms with Gasteiger partial charge in [0.15, 0.2) is 0 Å². The van der Waals surface area contributed by atoms with Gasteiger partial charge in [-0.2, -0.15) is 0 Å². The van der Waals surface area contributed by atoms with Crippen molar-refractivity contribution in [3.63, 3.8) is 0 Å². The molecule has 0 aromatic rings. The number of rotatable bonds is 3. The summed E-state index contributed by atoms with van der Waals surface area (Å²) in [6, 6.07) is 0. The molecular weight excluding hydrogens is 124 g/mol. The molecule has 0 unspecified atom stereocenters. The highest BCUT2D eigenvalue weighted by Crippen LogP contribution is 2.06. The van der Waals surface area contributed by atoms with Crippen molar-refractivity contribution in [2.24, 2.45) is 5.92 Å². The Bertz CT molecular complexity index is 92.9. The van der Waals surface area contributed by atoms with Crippen molar-refractivity contribution in [3.05, 3.63) is 25.2 Å². The predicted octanol–water partition coefficient (Wildman–Crippen LogP) is 3.34. The molecule has 0 aliphatic rings. The van der Waals surface area contributed by atoms with Gasteiger partial charge in [0.1, 0.15) is 0 Å². The molecule has 0 aliphatic heterocycles. The zero-order chi connectivity index (χ0) is 8.57. The van der Waals surface area contributed by atoms with Gasteiger partial charge >= 0.3 is 0 Å². The van der Waals surface area contributed by atoms with Crippen molar-refractivity contribution in [2.45, 2.75) is 27.7 Å². The first kappa shape index (κ1) is 12.0. The first-order valence-corrected chi connectivity index (χ1v) is 3.65. The Morgan fingerprint density at radius 1 is 1.40 bits per heavy atom. The van der Waals surface area contributed by atoms with Gasteiger partial charge in [0.25, 0.3) is 0 Å². The highest BCUT2D eigenvalue weighted by atomic mass is 16.5. The van der Waals surface area contributed by atoms with Crippen LogP contribution in [0, 0.1) is 5.92 Å². The van der Waals surface area contributed by atoms with E-state index < -0.39 is 0 Å². The lowest BCUT2D eigenvalue weighted by molar-refractivity contribution is 0.308. The molecule has 0 saturated carbocycles. The first-order valence-electron chi connectivity index (χ1n) is 3.65. The molecule has 0 aromatic heterocycles. The van der Waals surface area contributed by atoms with E-state index in [4.69, 9.17) is 4.74 Å². The zero-order valence-corrected chi connectivity index (χ0v) is 7.48. The largest absolute Gasteiger partial charge is 0.470 e. The number of allylic oxidation sites excluding steroid dienone is 1. The Kier molecular flexibility index (Phi) is 9.94. The van der Waals surface area contributed by atoms with Crippen molar-refractivity contribution in [3.8, 4) is 0 Å². The monoisotopic (exact) mass is 142 g/mol. The van der Waals surface area contributed by atoms with E-state index in [0.717, 1.165) is 5.76 Å². The summed E-state index contributed by atoms with van der Waals surface area (Å²) in [7, 11) is 0. The van der Waals surface area contributed by atoms with E-state index in [9.17, 15) is 0 Å². The van der Waals surface area contributed by atoms with Crippen LogP contribution in [0.15, 0.2) is 25.2 Å². The van der Waals surface area contributed by atoms with Crippen LogP contribution in [-0.2, 0) is 4.74 Å². The van der Waals surface area contributed by atoms with E-state index in [0.29, 0.717) is 5.92 Å². The Morgan fingerprint density at radius 3 is 1.90 bits per heavy atom. The van der Waals surface area contributed by atoms with Crippen LogP contribution in [0.2, 0.25) is 0 Å². The minimum Gasteiger partial charge on any atom is -0.470 e. The molecule has 1 nitrogen and oxygen atoms in total. The molecule has 0 spiro atoms. The Labute approximate surface area is 64.4 Å². The molecule has 0 fully saturated rings. The van der Waals surface area contributed by atoms with Gasteiger partial charge in [-0.05, 0) is 0 Å². The molecule has 0 amide bonds. The lowest BCUT2D eigenvalue weighted by atomic mass is 10.2. The third kappa shape index (κ3) is 7.28. The molecule has 0 N–H and O–H groups in total. The SMILES string of the molecule is C=COC(=C)C(C)C.CC. The molecule has 0 saturated heterocycles. The van der Waals surface area contributed by atoms with Gasteiger partial charge < -0.3 is 4.74 Å². The van der Waals surface area contributed by atoms with Gasteiger partial charge in [-0.3, -0.25) is 0 Å². The molecule has 0 aliphatic carbocycles. The summed E-state index contributed by atoms with van der Waals surface area (Å²) in [4.78, 5) is 0. The second-order valence-corrected chi connectivity index (χ2v) is 1.91. The van der Waals surface area contributed by atoms with Crippen molar-refractivity contribution in [1.82, 2.24) is 0 Å². The fourth-order valence-corrected chi connectivity index (χ4v) is 0.243. The van der Waals surface area contributed by atoms with Crippen LogP contribution in [0.4, 0.5) is 0 Å². The minimum absolute atomic E-state index is 0.382. The molecule has 0 aromatic carbocycles. The van der Waals surface area contributed by atoms with Crippen molar-refractivity contribution < 1.29 is 4.74 Å². The first-order chi connectivity index (χ1) is 4.68. The van der Waals surface area contributed by atoms with Gasteiger partial charge in [0.2, 0.25) is 0 Å². The molecule has 0 bridgehead atoms. The second kappa shape index (κ2) is 8.28. The van der Waals surface area contributed by atoms with E-state index >= 15 is 0 Å².